The van der Waals surface area contributed by atoms with Crippen molar-refractivity contribution in [3.63, 3.8) is 0 Å². The van der Waals surface area contributed by atoms with Gasteiger partial charge in [0.2, 0.25) is 5.91 Å². The summed E-state index contributed by atoms with van der Waals surface area (Å²) in [7, 11) is 1.72. The minimum atomic E-state index is -0.914. The van der Waals surface area contributed by atoms with Gasteiger partial charge in [-0.1, -0.05) is 97.1 Å². The van der Waals surface area contributed by atoms with Crippen LogP contribution in [0.15, 0.2) is 115 Å². The summed E-state index contributed by atoms with van der Waals surface area (Å²) in [5.41, 5.74) is 6.16. The van der Waals surface area contributed by atoms with Crippen molar-refractivity contribution in [3.05, 3.63) is 132 Å². The molecule has 3 aliphatic rings. The normalized spacial score (nSPS) is 18.4. The number of nitrogens with one attached hydrogen (secondary N) is 4. The molecule has 6 amide bonds. The fraction of sp³-hybridized carbons (Fsp3) is 0.340. The third-order valence-electron chi connectivity index (χ3n) is 11.8. The Bertz CT molecular complexity index is 2260. The molecule has 3 aliphatic heterocycles. The first-order valence-electron chi connectivity index (χ1n) is 21.0. The highest BCUT2D eigenvalue weighted by atomic mass is 16.5. The van der Waals surface area contributed by atoms with Crippen molar-refractivity contribution in [1.29, 1.82) is 0 Å². The number of imidazole rings is 1. The fourth-order valence-electron chi connectivity index (χ4n) is 8.36. The van der Waals surface area contributed by atoms with Crippen LogP contribution in [0.5, 0.6) is 0 Å². The van der Waals surface area contributed by atoms with Gasteiger partial charge in [-0.2, -0.15) is 0 Å². The quantitative estimate of drug-likeness (QED) is 0.107. The lowest BCUT2D eigenvalue weighted by atomic mass is 10.0. The van der Waals surface area contributed by atoms with Gasteiger partial charge < -0.3 is 45.1 Å². The monoisotopic (exact) mass is 824 g/mol. The molecule has 4 aromatic carbocycles. The SMILES string of the molecule is COC1CCN(C(=O)Nc2ccc(-c3ccc(-c4cnc([C@@H]5CCCN5C(=O)[C@H](NC(=O)N5CC[C@@H](NC(=O)OCc6ccccc6)C5)c5ccccc5)[nH]4)cc3)cc2)CC1. The average Bonchev–Trinajstić information content (AvgIpc) is 4.11. The van der Waals surface area contributed by atoms with Crippen molar-refractivity contribution in [3.8, 4) is 22.4 Å². The number of likely N-dealkylation sites (tertiary alicyclic amines) is 3. The number of hydrogen-bond donors (Lipinski definition) is 4. The minimum Gasteiger partial charge on any atom is -0.445 e. The average molecular weight is 825 g/mol. The minimum absolute atomic E-state index is 0.0969. The van der Waals surface area contributed by atoms with E-state index in [0.29, 0.717) is 50.5 Å². The molecule has 0 saturated carbocycles. The second-order valence-electron chi connectivity index (χ2n) is 15.8. The highest BCUT2D eigenvalue weighted by Gasteiger charge is 2.38. The van der Waals surface area contributed by atoms with E-state index in [-0.39, 0.29) is 42.8 Å². The van der Waals surface area contributed by atoms with Gasteiger partial charge in [-0.15, -0.1) is 0 Å². The number of methoxy groups -OCH3 is 1. The van der Waals surface area contributed by atoms with E-state index in [1.54, 1.807) is 18.2 Å². The lowest BCUT2D eigenvalue weighted by molar-refractivity contribution is -0.134. The molecule has 61 heavy (non-hydrogen) atoms. The summed E-state index contributed by atoms with van der Waals surface area (Å²) in [5.74, 6) is 0.483. The van der Waals surface area contributed by atoms with Gasteiger partial charge in [-0.25, -0.2) is 19.4 Å². The van der Waals surface area contributed by atoms with Crippen LogP contribution in [-0.2, 0) is 20.9 Å². The molecule has 0 unspecified atom stereocenters. The number of aromatic amines is 1. The van der Waals surface area contributed by atoms with Crippen LogP contribution >= 0.6 is 0 Å². The molecule has 8 rings (SSSR count). The fourth-order valence-corrected chi connectivity index (χ4v) is 8.36. The maximum absolute atomic E-state index is 14.4. The van der Waals surface area contributed by atoms with E-state index in [1.807, 2.05) is 107 Å². The van der Waals surface area contributed by atoms with Crippen molar-refractivity contribution in [2.45, 2.75) is 62.9 Å². The number of amides is 6. The van der Waals surface area contributed by atoms with E-state index < -0.39 is 12.1 Å². The number of nitrogens with zero attached hydrogens (tertiary/aromatic N) is 4. The van der Waals surface area contributed by atoms with Gasteiger partial charge in [0.1, 0.15) is 18.5 Å². The third-order valence-corrected chi connectivity index (χ3v) is 11.8. The number of ether oxygens (including phenoxy) is 2. The molecule has 4 N–H and O–H groups in total. The van der Waals surface area contributed by atoms with Crippen LogP contribution in [0.25, 0.3) is 22.4 Å². The predicted molar refractivity (Wildman–Crippen MR) is 231 cm³/mol. The molecule has 3 saturated heterocycles. The summed E-state index contributed by atoms with van der Waals surface area (Å²) in [6.45, 7) is 2.77. The Morgan fingerprint density at radius 2 is 1.41 bits per heavy atom. The molecule has 14 heteroatoms. The topological polar surface area (TPSA) is 161 Å². The van der Waals surface area contributed by atoms with Gasteiger partial charge in [-0.05, 0) is 72.1 Å². The highest BCUT2D eigenvalue weighted by Crippen LogP contribution is 2.35. The number of anilines is 1. The van der Waals surface area contributed by atoms with Crippen molar-refractivity contribution in [2.75, 3.05) is 45.2 Å². The largest absolute Gasteiger partial charge is 0.445 e. The molecule has 0 aliphatic carbocycles. The molecule has 3 atom stereocenters. The van der Waals surface area contributed by atoms with Crippen LogP contribution in [0, 0.1) is 0 Å². The number of H-pyrrole nitrogens is 1. The molecule has 0 radical (unpaired) electrons. The molecule has 5 aromatic rings. The standard InChI is InChI=1S/C47H52N8O6/c1-60-39-23-27-53(28-24-39)45(57)49-37-20-18-34(19-21-37)33-14-16-35(17-15-33)40-29-48-43(51-40)41-13-8-25-55(41)44(56)42(36-11-6-3-7-12-36)52-46(58)54-26-22-38(30-54)50-47(59)61-31-32-9-4-2-5-10-32/h2-7,9-12,14-21,29,38-39,41-42H,8,13,22-28,30-31H2,1H3,(H,48,51)(H,49,57)(H,50,59)(H,52,58)/t38-,41+,42-/m1/s1. The molecule has 1 aromatic heterocycles. The van der Waals surface area contributed by atoms with Gasteiger partial charge in [0.05, 0.1) is 30.1 Å². The van der Waals surface area contributed by atoms with Crippen LogP contribution < -0.4 is 16.0 Å². The van der Waals surface area contributed by atoms with Crippen molar-refractivity contribution < 1.29 is 28.7 Å². The Balaban J connectivity index is 0.874. The van der Waals surface area contributed by atoms with Crippen LogP contribution in [0.3, 0.4) is 0 Å². The first-order valence-corrected chi connectivity index (χ1v) is 21.0. The Hall–Kier alpha value is -6.67. The first-order chi connectivity index (χ1) is 29.8. The summed E-state index contributed by atoms with van der Waals surface area (Å²) in [5, 5.41) is 8.90. The van der Waals surface area contributed by atoms with E-state index in [2.05, 4.69) is 33.1 Å². The second kappa shape index (κ2) is 19.1. The van der Waals surface area contributed by atoms with Crippen molar-refractivity contribution in [2.24, 2.45) is 0 Å². The molecule has 3 fully saturated rings. The number of urea groups is 2. The molecular weight excluding hydrogens is 773 g/mol. The number of benzene rings is 4. The van der Waals surface area contributed by atoms with Gasteiger partial charge in [0.15, 0.2) is 0 Å². The number of rotatable bonds is 11. The van der Waals surface area contributed by atoms with E-state index in [4.69, 9.17) is 14.5 Å². The van der Waals surface area contributed by atoms with E-state index in [1.165, 1.54) is 0 Å². The molecule has 4 heterocycles. The maximum atomic E-state index is 14.4. The number of hydrogen-bond acceptors (Lipinski definition) is 7. The smallest absolute Gasteiger partial charge is 0.407 e. The highest BCUT2D eigenvalue weighted by molar-refractivity contribution is 5.90. The van der Waals surface area contributed by atoms with E-state index in [0.717, 1.165) is 59.3 Å². The lowest BCUT2D eigenvalue weighted by Gasteiger charge is -2.31. The number of piperidine rings is 1. The van der Waals surface area contributed by atoms with E-state index >= 15 is 0 Å². The number of carbonyl (C=O) groups excluding carboxylic acids is 4. The van der Waals surface area contributed by atoms with Crippen molar-refractivity contribution >= 4 is 29.8 Å². The van der Waals surface area contributed by atoms with Crippen LogP contribution in [0.1, 0.15) is 61.1 Å². The van der Waals surface area contributed by atoms with Crippen molar-refractivity contribution in [1.82, 2.24) is 35.3 Å². The van der Waals surface area contributed by atoms with Crippen LogP contribution in [-0.4, -0.2) is 101 Å². The van der Waals surface area contributed by atoms with Crippen LogP contribution in [0.4, 0.5) is 20.1 Å². The van der Waals surface area contributed by atoms with Gasteiger partial charge in [0, 0.05) is 45.5 Å². The molecular formula is C47H52N8O6. The predicted octanol–water partition coefficient (Wildman–Crippen LogP) is 7.50. The Labute approximate surface area is 355 Å². The summed E-state index contributed by atoms with van der Waals surface area (Å²) in [4.78, 5) is 66.9. The summed E-state index contributed by atoms with van der Waals surface area (Å²) < 4.78 is 10.8. The zero-order valence-electron chi connectivity index (χ0n) is 34.3. The maximum Gasteiger partial charge on any atom is 0.407 e. The summed E-state index contributed by atoms with van der Waals surface area (Å²) >= 11 is 0. The number of carbonyl (C=O) groups is 4. The molecule has 14 nitrogen and oxygen atoms in total. The number of aromatic nitrogens is 2. The van der Waals surface area contributed by atoms with Gasteiger partial charge >= 0.3 is 18.2 Å². The molecule has 0 bridgehead atoms. The van der Waals surface area contributed by atoms with Crippen LogP contribution in [0.2, 0.25) is 0 Å². The van der Waals surface area contributed by atoms with E-state index in [9.17, 15) is 19.2 Å². The van der Waals surface area contributed by atoms with Gasteiger partial charge in [-0.3, -0.25) is 4.79 Å². The Kier molecular flexibility index (Phi) is 12.9. The molecule has 0 spiro atoms. The zero-order valence-corrected chi connectivity index (χ0v) is 34.3. The summed E-state index contributed by atoms with van der Waals surface area (Å²) in [6, 6.07) is 32.8. The lowest BCUT2D eigenvalue weighted by Crippen LogP contribution is -2.48. The number of alkyl carbamates (subject to hydrolysis) is 1. The Morgan fingerprint density at radius 1 is 0.754 bits per heavy atom. The second-order valence-corrected chi connectivity index (χ2v) is 15.8. The molecule has 316 valence electrons. The summed E-state index contributed by atoms with van der Waals surface area (Å²) in [6.07, 6.45) is 5.26. The Morgan fingerprint density at radius 3 is 2.11 bits per heavy atom. The third kappa shape index (κ3) is 10.0. The van der Waals surface area contributed by atoms with Gasteiger partial charge in [0.25, 0.3) is 0 Å². The zero-order chi connectivity index (χ0) is 42.1. The first kappa shape index (κ1) is 41.1.